The summed E-state index contributed by atoms with van der Waals surface area (Å²) >= 11 is 1.65. The summed E-state index contributed by atoms with van der Waals surface area (Å²) in [5.74, 6) is 0.149. The van der Waals surface area contributed by atoms with Crippen LogP contribution >= 0.6 is 11.8 Å². The van der Waals surface area contributed by atoms with Crippen molar-refractivity contribution in [3.8, 4) is 0 Å². The lowest BCUT2D eigenvalue weighted by atomic mass is 10.0. The number of hydrogen-bond acceptors (Lipinski definition) is 3. The first kappa shape index (κ1) is 17.3. The number of aryl methyl sites for hydroxylation is 1. The van der Waals surface area contributed by atoms with Crippen LogP contribution in [0.4, 0.5) is 5.69 Å². The van der Waals surface area contributed by atoms with Crippen molar-refractivity contribution >= 4 is 23.2 Å². The van der Waals surface area contributed by atoms with Crippen LogP contribution in [0.2, 0.25) is 0 Å². The molecule has 0 aromatic heterocycles. The molecular formula is C22H21NOS. The maximum absolute atomic E-state index is 12.8. The molecule has 0 spiro atoms. The quantitative estimate of drug-likeness (QED) is 0.354. The molecule has 0 aliphatic rings. The number of nitrogens with two attached hydrogens (primary N) is 1. The van der Waals surface area contributed by atoms with Crippen LogP contribution in [0, 0.1) is 6.92 Å². The van der Waals surface area contributed by atoms with Crippen LogP contribution in [0.1, 0.15) is 33.2 Å². The lowest BCUT2D eigenvalue weighted by Crippen LogP contribution is -2.06. The zero-order chi connectivity index (χ0) is 17.6. The molecular weight excluding hydrogens is 326 g/mol. The van der Waals surface area contributed by atoms with Gasteiger partial charge in [0.25, 0.3) is 0 Å². The van der Waals surface area contributed by atoms with Crippen molar-refractivity contribution in [3.63, 3.8) is 0 Å². The maximum Gasteiger partial charge on any atom is 0.164 e. The van der Waals surface area contributed by atoms with Crippen molar-refractivity contribution in [2.75, 3.05) is 5.73 Å². The minimum Gasteiger partial charge on any atom is -0.398 e. The summed E-state index contributed by atoms with van der Waals surface area (Å²) < 4.78 is 0. The highest BCUT2D eigenvalue weighted by Crippen LogP contribution is 2.40. The number of anilines is 1. The molecule has 3 aromatic carbocycles. The highest BCUT2D eigenvalue weighted by Gasteiger charge is 2.19. The van der Waals surface area contributed by atoms with Crippen LogP contribution in [0.3, 0.4) is 0 Å². The summed E-state index contributed by atoms with van der Waals surface area (Å²) in [6, 6.07) is 25.7. The molecule has 2 nitrogen and oxygen atoms in total. The Morgan fingerprint density at radius 2 is 1.56 bits per heavy atom. The lowest BCUT2D eigenvalue weighted by Gasteiger charge is -2.17. The number of para-hydroxylation sites is 1. The van der Waals surface area contributed by atoms with Crippen LogP contribution in [-0.4, -0.2) is 5.78 Å². The molecule has 3 heteroatoms. The second kappa shape index (κ2) is 8.04. The molecule has 2 N–H and O–H groups in total. The van der Waals surface area contributed by atoms with Crippen molar-refractivity contribution in [2.45, 2.75) is 23.5 Å². The summed E-state index contributed by atoms with van der Waals surface area (Å²) in [6.07, 6.45) is 0.437. The Bertz CT molecular complexity index is 843. The fourth-order valence-corrected chi connectivity index (χ4v) is 3.86. The molecule has 0 unspecified atom stereocenters. The second-order valence-electron chi connectivity index (χ2n) is 6.05. The molecule has 0 aliphatic heterocycles. The van der Waals surface area contributed by atoms with Crippen LogP contribution in [-0.2, 0) is 0 Å². The predicted octanol–water partition coefficient (Wildman–Crippen LogP) is 5.68. The molecule has 1 atom stereocenters. The number of carbonyl (C=O) groups excluding carboxylic acids is 1. The van der Waals surface area contributed by atoms with Gasteiger partial charge in [-0.2, -0.15) is 0 Å². The van der Waals surface area contributed by atoms with Crippen LogP contribution in [0.15, 0.2) is 83.8 Å². The van der Waals surface area contributed by atoms with Gasteiger partial charge in [-0.15, -0.1) is 11.8 Å². The number of thioether (sulfide) groups is 1. The maximum atomic E-state index is 12.8. The Balaban J connectivity index is 1.85. The van der Waals surface area contributed by atoms with Gasteiger partial charge in [0.2, 0.25) is 0 Å². The van der Waals surface area contributed by atoms with Crippen molar-refractivity contribution in [2.24, 2.45) is 0 Å². The summed E-state index contributed by atoms with van der Waals surface area (Å²) in [6.45, 7) is 2.02. The molecule has 0 bridgehead atoms. The van der Waals surface area contributed by atoms with Crippen molar-refractivity contribution < 1.29 is 4.79 Å². The molecule has 3 aromatic rings. The highest BCUT2D eigenvalue weighted by atomic mass is 32.2. The molecule has 0 amide bonds. The Morgan fingerprint density at radius 1 is 0.920 bits per heavy atom. The van der Waals surface area contributed by atoms with E-state index in [1.165, 1.54) is 0 Å². The zero-order valence-electron chi connectivity index (χ0n) is 14.2. The molecule has 0 aliphatic carbocycles. The van der Waals surface area contributed by atoms with Gasteiger partial charge >= 0.3 is 0 Å². The summed E-state index contributed by atoms with van der Waals surface area (Å²) in [4.78, 5) is 13.8. The molecule has 3 rings (SSSR count). The molecule has 0 saturated carbocycles. The number of carbonyl (C=O) groups is 1. The SMILES string of the molecule is Cc1ccc(C(=O)C[C@H](Sc2ccccc2N)c2ccccc2)cc1. The zero-order valence-corrected chi connectivity index (χ0v) is 15.0. The summed E-state index contributed by atoms with van der Waals surface area (Å²) in [7, 11) is 0. The number of ketones is 1. The van der Waals surface area contributed by atoms with Crippen LogP contribution in [0.25, 0.3) is 0 Å². The minimum absolute atomic E-state index is 0.0275. The average molecular weight is 347 g/mol. The molecule has 0 heterocycles. The van der Waals surface area contributed by atoms with E-state index in [-0.39, 0.29) is 11.0 Å². The largest absolute Gasteiger partial charge is 0.398 e. The predicted molar refractivity (Wildman–Crippen MR) is 106 cm³/mol. The van der Waals surface area contributed by atoms with E-state index >= 15 is 0 Å². The van der Waals surface area contributed by atoms with Gasteiger partial charge in [0.1, 0.15) is 0 Å². The van der Waals surface area contributed by atoms with Gasteiger partial charge in [-0.1, -0.05) is 72.3 Å². The van der Waals surface area contributed by atoms with Gasteiger partial charge in [-0.3, -0.25) is 4.79 Å². The Labute approximate surface area is 153 Å². The van der Waals surface area contributed by atoms with E-state index in [1.54, 1.807) is 11.8 Å². The first-order valence-corrected chi connectivity index (χ1v) is 9.17. The van der Waals surface area contributed by atoms with E-state index in [0.717, 1.165) is 27.3 Å². The van der Waals surface area contributed by atoms with E-state index in [1.807, 2.05) is 73.7 Å². The molecule has 126 valence electrons. The van der Waals surface area contributed by atoms with Crippen molar-refractivity contribution in [3.05, 3.63) is 95.6 Å². The van der Waals surface area contributed by atoms with E-state index in [9.17, 15) is 4.79 Å². The van der Waals surface area contributed by atoms with Gasteiger partial charge in [0, 0.05) is 27.8 Å². The van der Waals surface area contributed by atoms with Gasteiger partial charge in [0.15, 0.2) is 5.78 Å². The fraction of sp³-hybridized carbons (Fsp3) is 0.136. The first-order valence-electron chi connectivity index (χ1n) is 8.29. The molecule has 0 radical (unpaired) electrons. The Kier molecular flexibility index (Phi) is 5.56. The number of nitrogen functional groups attached to an aromatic ring is 1. The van der Waals surface area contributed by atoms with E-state index in [2.05, 4.69) is 12.1 Å². The van der Waals surface area contributed by atoms with Crippen molar-refractivity contribution in [1.29, 1.82) is 0 Å². The van der Waals surface area contributed by atoms with Gasteiger partial charge < -0.3 is 5.73 Å². The number of Topliss-reactive ketones (excluding diaryl/α,β-unsaturated/α-hetero) is 1. The number of benzene rings is 3. The monoisotopic (exact) mass is 347 g/mol. The normalized spacial score (nSPS) is 11.9. The average Bonchev–Trinajstić information content (AvgIpc) is 2.64. The molecule has 0 saturated heterocycles. The third kappa shape index (κ3) is 4.52. The lowest BCUT2D eigenvalue weighted by molar-refractivity contribution is 0.0982. The van der Waals surface area contributed by atoms with Gasteiger partial charge in [-0.25, -0.2) is 0 Å². The fourth-order valence-electron chi connectivity index (χ4n) is 2.66. The molecule has 25 heavy (non-hydrogen) atoms. The topological polar surface area (TPSA) is 43.1 Å². The Morgan fingerprint density at radius 3 is 2.24 bits per heavy atom. The second-order valence-corrected chi connectivity index (χ2v) is 7.29. The van der Waals surface area contributed by atoms with Gasteiger partial charge in [0.05, 0.1) is 0 Å². The third-order valence-electron chi connectivity index (χ3n) is 4.10. The van der Waals surface area contributed by atoms with E-state index < -0.39 is 0 Å². The number of hydrogen-bond donors (Lipinski definition) is 1. The van der Waals surface area contributed by atoms with Crippen molar-refractivity contribution in [1.82, 2.24) is 0 Å². The van der Waals surface area contributed by atoms with E-state index in [0.29, 0.717) is 6.42 Å². The third-order valence-corrected chi connectivity index (χ3v) is 5.45. The Hall–Kier alpha value is -2.52. The van der Waals surface area contributed by atoms with Crippen LogP contribution in [0.5, 0.6) is 0 Å². The number of rotatable bonds is 6. The van der Waals surface area contributed by atoms with Gasteiger partial charge in [-0.05, 0) is 24.6 Å². The van der Waals surface area contributed by atoms with Crippen LogP contribution < -0.4 is 5.73 Å². The summed E-state index contributed by atoms with van der Waals surface area (Å²) in [5.41, 5.74) is 9.89. The van der Waals surface area contributed by atoms with E-state index in [4.69, 9.17) is 5.73 Å². The standard InChI is InChI=1S/C22H21NOS/c1-16-11-13-17(14-12-16)20(24)15-22(18-7-3-2-4-8-18)25-21-10-6-5-9-19(21)23/h2-14,22H,15,23H2,1H3/t22-/m0/s1. The summed E-state index contributed by atoms with van der Waals surface area (Å²) in [5, 5.41) is 0.0275. The smallest absolute Gasteiger partial charge is 0.164 e. The first-order chi connectivity index (χ1) is 12.1. The molecule has 0 fully saturated rings. The minimum atomic E-state index is 0.0275. The highest BCUT2D eigenvalue weighted by molar-refractivity contribution is 7.99.